The first-order valence-electron chi connectivity index (χ1n) is 3.21. The predicted molar refractivity (Wildman–Crippen MR) is 47.7 cm³/mol. The van der Waals surface area contributed by atoms with Crippen LogP contribution in [-0.4, -0.2) is 23.5 Å². The third kappa shape index (κ3) is 2.96. The van der Waals surface area contributed by atoms with Gasteiger partial charge in [0.25, 0.3) is 0 Å². The number of sulfonamides is 1. The van der Waals surface area contributed by atoms with E-state index in [1.165, 1.54) is 0 Å². The Kier molecular flexibility index (Phi) is 2.79. The molecule has 8 heteroatoms. The third-order valence-corrected chi connectivity index (χ3v) is 2.89. The summed E-state index contributed by atoms with van der Waals surface area (Å²) in [5, 5.41) is 8.37. The highest BCUT2D eigenvalue weighted by atomic mass is 32.2. The molecular weight excluding hydrogens is 212 g/mol. The number of aryl methyl sites for hydroxylation is 1. The summed E-state index contributed by atoms with van der Waals surface area (Å²) in [5.41, 5.74) is 0. The Labute approximate surface area is 79.5 Å². The Balaban J connectivity index is 2.76. The molecule has 13 heavy (non-hydrogen) atoms. The van der Waals surface area contributed by atoms with Crippen LogP contribution in [0, 0.1) is 18.3 Å². The van der Waals surface area contributed by atoms with Crippen LogP contribution in [0.5, 0.6) is 0 Å². The van der Waals surface area contributed by atoms with Crippen molar-refractivity contribution in [2.45, 2.75) is 6.92 Å². The molecule has 0 atom stereocenters. The second kappa shape index (κ2) is 3.68. The lowest BCUT2D eigenvalue weighted by Gasteiger charge is -1.97. The molecule has 0 spiro atoms. The number of nitrogens with zero attached hydrogens (tertiary/aromatic N) is 3. The van der Waals surface area contributed by atoms with Gasteiger partial charge in [0.2, 0.25) is 15.2 Å². The molecule has 1 rings (SSSR count). The van der Waals surface area contributed by atoms with Crippen LogP contribution in [0.3, 0.4) is 0 Å². The summed E-state index contributed by atoms with van der Waals surface area (Å²) in [5.74, 6) is -0.0781. The molecule has 70 valence electrons. The summed E-state index contributed by atoms with van der Waals surface area (Å²) in [7, 11) is -3.57. The lowest BCUT2D eigenvalue weighted by Crippen LogP contribution is -2.15. The molecular formula is C5H6N4O2S2. The molecule has 0 aliphatic carbocycles. The normalized spacial score (nSPS) is 10.8. The first-order valence-corrected chi connectivity index (χ1v) is 5.64. The zero-order chi connectivity index (χ0) is 9.90. The molecule has 0 aliphatic heterocycles. The van der Waals surface area contributed by atoms with Crippen molar-refractivity contribution in [2.75, 3.05) is 10.5 Å². The van der Waals surface area contributed by atoms with Gasteiger partial charge < -0.3 is 0 Å². The maximum Gasteiger partial charge on any atom is 0.248 e. The first-order chi connectivity index (χ1) is 6.03. The van der Waals surface area contributed by atoms with Crippen LogP contribution in [-0.2, 0) is 10.0 Å². The van der Waals surface area contributed by atoms with E-state index >= 15 is 0 Å². The molecule has 0 amide bonds. The van der Waals surface area contributed by atoms with Gasteiger partial charge in [0.15, 0.2) is 5.75 Å². The molecule has 1 aromatic rings. The second-order valence-electron chi connectivity index (χ2n) is 2.17. The van der Waals surface area contributed by atoms with Crippen LogP contribution in [0.1, 0.15) is 5.82 Å². The Morgan fingerprint density at radius 1 is 1.69 bits per heavy atom. The molecule has 6 nitrogen and oxygen atoms in total. The number of hydrogen-bond acceptors (Lipinski definition) is 6. The number of anilines is 1. The quantitative estimate of drug-likeness (QED) is 0.776. The number of hydrogen-bond donors (Lipinski definition) is 1. The summed E-state index contributed by atoms with van der Waals surface area (Å²) in [6.45, 7) is 1.65. The molecule has 1 aromatic heterocycles. The fourth-order valence-electron chi connectivity index (χ4n) is 0.593. The highest BCUT2D eigenvalue weighted by Crippen LogP contribution is 2.11. The molecule has 0 radical (unpaired) electrons. The molecule has 0 bridgehead atoms. The summed E-state index contributed by atoms with van der Waals surface area (Å²) >= 11 is 0.941. The fraction of sp³-hybridized carbons (Fsp3) is 0.400. The van der Waals surface area contributed by atoms with E-state index in [1.54, 1.807) is 13.0 Å². The van der Waals surface area contributed by atoms with Gasteiger partial charge in [-0.15, -0.1) is 0 Å². The lowest BCUT2D eigenvalue weighted by atomic mass is 10.8. The van der Waals surface area contributed by atoms with Crippen molar-refractivity contribution in [1.29, 1.82) is 5.26 Å². The fourth-order valence-corrected chi connectivity index (χ4v) is 2.11. The van der Waals surface area contributed by atoms with Gasteiger partial charge in [-0.3, -0.25) is 4.72 Å². The minimum Gasteiger partial charge on any atom is -0.257 e. The summed E-state index contributed by atoms with van der Waals surface area (Å²) in [4.78, 5) is 3.79. The van der Waals surface area contributed by atoms with Crippen LogP contribution in [0.15, 0.2) is 0 Å². The Morgan fingerprint density at radius 2 is 2.38 bits per heavy atom. The van der Waals surface area contributed by atoms with Gasteiger partial charge in [0, 0.05) is 11.5 Å². The SMILES string of the molecule is Cc1nsc(NS(=O)(=O)CC#N)n1. The molecule has 1 N–H and O–H groups in total. The van der Waals surface area contributed by atoms with Gasteiger partial charge in [0.05, 0.1) is 6.07 Å². The van der Waals surface area contributed by atoms with Crippen LogP contribution in [0.25, 0.3) is 0 Å². The topological polar surface area (TPSA) is 95.7 Å². The standard InChI is InChI=1S/C5H6N4O2S2/c1-4-7-5(12-8-4)9-13(10,11)3-2-6/h3H2,1H3,(H,7,8,9). The van der Waals surface area contributed by atoms with Crippen LogP contribution >= 0.6 is 11.5 Å². The van der Waals surface area contributed by atoms with E-state index in [9.17, 15) is 8.42 Å². The summed E-state index contributed by atoms with van der Waals surface area (Å²) in [6.07, 6.45) is 0. The Bertz CT molecular complexity index is 430. The second-order valence-corrected chi connectivity index (χ2v) is 4.64. The van der Waals surface area contributed by atoms with E-state index in [0.717, 1.165) is 11.5 Å². The van der Waals surface area contributed by atoms with Crippen LogP contribution in [0.4, 0.5) is 5.13 Å². The van der Waals surface area contributed by atoms with Crippen molar-refractivity contribution < 1.29 is 8.42 Å². The van der Waals surface area contributed by atoms with Crippen LogP contribution in [0.2, 0.25) is 0 Å². The van der Waals surface area contributed by atoms with E-state index in [4.69, 9.17) is 5.26 Å². The van der Waals surface area contributed by atoms with Crippen molar-refractivity contribution in [2.24, 2.45) is 0 Å². The zero-order valence-electron chi connectivity index (χ0n) is 6.68. The minimum atomic E-state index is -3.57. The highest BCUT2D eigenvalue weighted by molar-refractivity contribution is 7.93. The molecule has 0 saturated carbocycles. The number of aromatic nitrogens is 2. The molecule has 0 fully saturated rings. The molecule has 0 aliphatic rings. The largest absolute Gasteiger partial charge is 0.257 e. The third-order valence-electron chi connectivity index (χ3n) is 1.02. The van der Waals surface area contributed by atoms with Gasteiger partial charge in [-0.05, 0) is 6.92 Å². The smallest absolute Gasteiger partial charge is 0.248 e. The number of nitrogens with one attached hydrogen (secondary N) is 1. The van der Waals surface area contributed by atoms with E-state index in [1.807, 2.05) is 0 Å². The lowest BCUT2D eigenvalue weighted by molar-refractivity contribution is 0.604. The average molecular weight is 218 g/mol. The van der Waals surface area contributed by atoms with Crippen molar-refractivity contribution in [1.82, 2.24) is 9.36 Å². The summed E-state index contributed by atoms with van der Waals surface area (Å²) < 4.78 is 27.9. The van der Waals surface area contributed by atoms with Gasteiger partial charge in [-0.1, -0.05) is 0 Å². The Morgan fingerprint density at radius 3 is 2.85 bits per heavy atom. The minimum absolute atomic E-state index is 0.188. The number of nitriles is 1. The van der Waals surface area contributed by atoms with Crippen molar-refractivity contribution in [3.05, 3.63) is 5.82 Å². The average Bonchev–Trinajstić information content (AvgIpc) is 2.34. The van der Waals surface area contributed by atoms with Gasteiger partial charge in [-0.2, -0.15) is 9.64 Å². The Hall–Kier alpha value is -1.20. The van der Waals surface area contributed by atoms with E-state index in [0.29, 0.717) is 5.82 Å². The maximum absolute atomic E-state index is 11.0. The van der Waals surface area contributed by atoms with Crippen molar-refractivity contribution in [3.63, 3.8) is 0 Å². The first kappa shape index (κ1) is 9.88. The molecule has 0 saturated heterocycles. The van der Waals surface area contributed by atoms with Gasteiger partial charge in [0.1, 0.15) is 5.82 Å². The van der Waals surface area contributed by atoms with Crippen LogP contribution < -0.4 is 4.72 Å². The van der Waals surface area contributed by atoms with Crippen molar-refractivity contribution >= 4 is 26.7 Å². The monoisotopic (exact) mass is 218 g/mol. The maximum atomic E-state index is 11.0. The van der Waals surface area contributed by atoms with Crippen molar-refractivity contribution in [3.8, 4) is 6.07 Å². The zero-order valence-corrected chi connectivity index (χ0v) is 8.31. The van der Waals surface area contributed by atoms with E-state index in [2.05, 4.69) is 14.1 Å². The van der Waals surface area contributed by atoms with Gasteiger partial charge in [-0.25, -0.2) is 13.4 Å². The highest BCUT2D eigenvalue weighted by Gasteiger charge is 2.11. The van der Waals surface area contributed by atoms with E-state index in [-0.39, 0.29) is 5.13 Å². The van der Waals surface area contributed by atoms with E-state index < -0.39 is 15.8 Å². The predicted octanol–water partition coefficient (Wildman–Crippen LogP) is 0.112. The van der Waals surface area contributed by atoms with Gasteiger partial charge >= 0.3 is 0 Å². The molecule has 0 unspecified atom stereocenters. The molecule has 0 aromatic carbocycles. The summed E-state index contributed by atoms with van der Waals surface area (Å²) in [6, 6.07) is 1.54. The molecule has 1 heterocycles. The number of rotatable bonds is 3.